The molecule has 0 amide bonds. The van der Waals surface area contributed by atoms with E-state index in [4.69, 9.17) is 0 Å². The first-order valence-electron chi connectivity index (χ1n) is 5.92. The number of nitrogens with one attached hydrogen (secondary N) is 1. The first-order chi connectivity index (χ1) is 8.50. The smallest absolute Gasteiger partial charge is 0.316 e. The van der Waals surface area contributed by atoms with Gasteiger partial charge in [-0.2, -0.15) is 24.9 Å². The van der Waals surface area contributed by atoms with Crippen LogP contribution in [0.4, 0.5) is 13.2 Å². The van der Waals surface area contributed by atoms with Crippen molar-refractivity contribution in [3.63, 3.8) is 0 Å². The number of rotatable bonds is 3. The van der Waals surface area contributed by atoms with Gasteiger partial charge in [0.2, 0.25) is 0 Å². The van der Waals surface area contributed by atoms with Crippen LogP contribution in [0, 0.1) is 5.92 Å². The number of alkyl halides is 3. The lowest BCUT2D eigenvalue weighted by Crippen LogP contribution is -2.33. The second kappa shape index (κ2) is 5.53. The summed E-state index contributed by atoms with van der Waals surface area (Å²) in [4.78, 5) is 0. The number of benzene rings is 1. The van der Waals surface area contributed by atoms with E-state index in [0.29, 0.717) is 18.4 Å². The quantitative estimate of drug-likeness (QED) is 0.909. The summed E-state index contributed by atoms with van der Waals surface area (Å²) in [5.41, 5.74) is 0.226. The largest absolute Gasteiger partial charge is 0.416 e. The van der Waals surface area contributed by atoms with Crippen LogP contribution in [0.25, 0.3) is 0 Å². The fourth-order valence-corrected chi connectivity index (χ4v) is 3.78. The van der Waals surface area contributed by atoms with Crippen LogP contribution in [-0.2, 0) is 12.6 Å². The van der Waals surface area contributed by atoms with Crippen molar-refractivity contribution in [3.8, 4) is 0 Å². The molecule has 2 unspecified atom stereocenters. The molecule has 1 N–H and O–H groups in total. The summed E-state index contributed by atoms with van der Waals surface area (Å²) in [5.74, 6) is 2.48. The number of hydrogen-bond donors (Lipinski definition) is 1. The summed E-state index contributed by atoms with van der Waals surface area (Å²) in [5, 5.41) is 3.24. The van der Waals surface area contributed by atoms with Crippen molar-refractivity contribution in [1.29, 1.82) is 0 Å². The zero-order valence-corrected chi connectivity index (χ0v) is 10.9. The molecule has 0 aromatic heterocycles. The van der Waals surface area contributed by atoms with E-state index in [2.05, 4.69) is 5.32 Å². The van der Waals surface area contributed by atoms with E-state index >= 15 is 0 Å². The first-order valence-corrected chi connectivity index (χ1v) is 7.07. The van der Waals surface area contributed by atoms with Crippen LogP contribution >= 0.6 is 11.8 Å². The van der Waals surface area contributed by atoms with Crippen molar-refractivity contribution < 1.29 is 13.2 Å². The Labute approximate surface area is 109 Å². The lowest BCUT2D eigenvalue weighted by atomic mass is 9.94. The lowest BCUT2D eigenvalue weighted by molar-refractivity contribution is -0.137. The molecule has 18 heavy (non-hydrogen) atoms. The van der Waals surface area contributed by atoms with Gasteiger partial charge in [-0.3, -0.25) is 0 Å². The van der Waals surface area contributed by atoms with Gasteiger partial charge in [0.05, 0.1) is 5.56 Å². The van der Waals surface area contributed by atoms with E-state index in [1.807, 2.05) is 18.8 Å². The van der Waals surface area contributed by atoms with Crippen LogP contribution in [0.15, 0.2) is 24.3 Å². The monoisotopic (exact) mass is 275 g/mol. The van der Waals surface area contributed by atoms with Crippen LogP contribution in [-0.4, -0.2) is 24.6 Å². The summed E-state index contributed by atoms with van der Waals surface area (Å²) in [6.45, 7) is 0. The maximum Gasteiger partial charge on any atom is 0.416 e. The molecule has 0 bridgehead atoms. The molecule has 1 aliphatic rings. The highest BCUT2D eigenvalue weighted by atomic mass is 32.2. The molecule has 100 valence electrons. The number of hydrogen-bond acceptors (Lipinski definition) is 2. The Bertz CT molecular complexity index is 405. The predicted molar refractivity (Wildman–Crippen MR) is 68.8 cm³/mol. The molecule has 0 radical (unpaired) electrons. The van der Waals surface area contributed by atoms with Crippen molar-refractivity contribution in [1.82, 2.24) is 5.32 Å². The van der Waals surface area contributed by atoms with Crippen LogP contribution in [0.3, 0.4) is 0 Å². The minimum Gasteiger partial charge on any atom is -0.316 e. The fraction of sp³-hybridized carbons (Fsp3) is 0.538. The zero-order chi connectivity index (χ0) is 13.2. The van der Waals surface area contributed by atoms with Crippen molar-refractivity contribution in [3.05, 3.63) is 35.4 Å². The summed E-state index contributed by atoms with van der Waals surface area (Å²) in [6, 6.07) is 6.09. The SMILES string of the molecule is CNC1CSCC1Cc1cccc(C(F)(F)F)c1. The summed E-state index contributed by atoms with van der Waals surface area (Å²) >= 11 is 1.86. The topological polar surface area (TPSA) is 12.0 Å². The molecule has 0 spiro atoms. The minimum absolute atomic E-state index is 0.407. The van der Waals surface area contributed by atoms with Crippen molar-refractivity contribution in [2.75, 3.05) is 18.6 Å². The van der Waals surface area contributed by atoms with Gasteiger partial charge in [-0.05, 0) is 36.8 Å². The third-order valence-electron chi connectivity index (χ3n) is 3.32. The molecule has 1 aromatic rings. The van der Waals surface area contributed by atoms with Gasteiger partial charge in [-0.15, -0.1) is 0 Å². The van der Waals surface area contributed by atoms with Gasteiger partial charge in [0.15, 0.2) is 0 Å². The Kier molecular flexibility index (Phi) is 4.22. The molecule has 1 heterocycles. The predicted octanol–water partition coefficient (Wildman–Crippen LogP) is 3.20. The molecule has 0 aliphatic carbocycles. The summed E-state index contributed by atoms with van der Waals surface area (Å²) in [7, 11) is 1.91. The van der Waals surface area contributed by atoms with E-state index < -0.39 is 11.7 Å². The van der Waals surface area contributed by atoms with Crippen molar-refractivity contribution in [2.24, 2.45) is 5.92 Å². The summed E-state index contributed by atoms with van der Waals surface area (Å²) in [6.07, 6.45) is -3.54. The molecule has 1 aliphatic heterocycles. The standard InChI is InChI=1S/C13H16F3NS/c1-17-12-8-18-7-10(12)5-9-3-2-4-11(6-9)13(14,15)16/h2-4,6,10,12,17H,5,7-8H2,1H3. The molecular weight excluding hydrogens is 259 g/mol. The highest BCUT2D eigenvalue weighted by Gasteiger charge is 2.31. The highest BCUT2D eigenvalue weighted by molar-refractivity contribution is 7.99. The van der Waals surface area contributed by atoms with Gasteiger partial charge in [0.1, 0.15) is 0 Å². The second-order valence-corrected chi connectivity index (χ2v) is 5.67. The second-order valence-electron chi connectivity index (χ2n) is 4.59. The molecule has 5 heteroatoms. The average Bonchev–Trinajstić information content (AvgIpc) is 2.75. The Morgan fingerprint density at radius 2 is 2.11 bits per heavy atom. The molecular formula is C13H16F3NS. The maximum absolute atomic E-state index is 12.6. The Balaban J connectivity index is 2.10. The van der Waals surface area contributed by atoms with Crippen molar-refractivity contribution >= 4 is 11.8 Å². The molecule has 1 aromatic carbocycles. The third-order valence-corrected chi connectivity index (χ3v) is 4.58. The van der Waals surface area contributed by atoms with Crippen LogP contribution in [0.2, 0.25) is 0 Å². The number of halogens is 3. The Morgan fingerprint density at radius 3 is 2.78 bits per heavy atom. The van der Waals surface area contributed by atoms with Gasteiger partial charge in [0.25, 0.3) is 0 Å². The van der Waals surface area contributed by atoms with Gasteiger partial charge in [-0.25, -0.2) is 0 Å². The van der Waals surface area contributed by atoms with Gasteiger partial charge in [-0.1, -0.05) is 18.2 Å². The van der Waals surface area contributed by atoms with E-state index in [1.54, 1.807) is 6.07 Å². The molecule has 2 atom stereocenters. The third kappa shape index (κ3) is 3.20. The molecule has 1 nitrogen and oxygen atoms in total. The zero-order valence-electron chi connectivity index (χ0n) is 10.1. The molecule has 1 fully saturated rings. The van der Waals surface area contributed by atoms with E-state index in [1.165, 1.54) is 12.1 Å². The molecule has 0 saturated carbocycles. The lowest BCUT2D eigenvalue weighted by Gasteiger charge is -2.18. The fourth-order valence-electron chi connectivity index (χ4n) is 2.30. The van der Waals surface area contributed by atoms with Gasteiger partial charge < -0.3 is 5.32 Å². The minimum atomic E-state index is -4.25. The van der Waals surface area contributed by atoms with Crippen LogP contribution in [0.1, 0.15) is 11.1 Å². The first kappa shape index (κ1) is 13.7. The average molecular weight is 275 g/mol. The Morgan fingerprint density at radius 1 is 1.33 bits per heavy atom. The maximum atomic E-state index is 12.6. The highest BCUT2D eigenvalue weighted by Crippen LogP contribution is 2.31. The van der Waals surface area contributed by atoms with Gasteiger partial charge in [0, 0.05) is 11.8 Å². The van der Waals surface area contributed by atoms with Gasteiger partial charge >= 0.3 is 6.18 Å². The van der Waals surface area contributed by atoms with Crippen LogP contribution in [0.5, 0.6) is 0 Å². The van der Waals surface area contributed by atoms with E-state index in [9.17, 15) is 13.2 Å². The normalized spacial score (nSPS) is 24.4. The van der Waals surface area contributed by atoms with Crippen molar-refractivity contribution in [2.45, 2.75) is 18.6 Å². The molecule has 2 rings (SSSR count). The molecule has 1 saturated heterocycles. The van der Waals surface area contributed by atoms with Crippen LogP contribution < -0.4 is 5.32 Å². The van der Waals surface area contributed by atoms with E-state index in [0.717, 1.165) is 23.1 Å². The number of thioether (sulfide) groups is 1. The Hall–Kier alpha value is -0.680. The summed E-state index contributed by atoms with van der Waals surface area (Å²) < 4.78 is 37.8. The van der Waals surface area contributed by atoms with E-state index in [-0.39, 0.29) is 0 Å².